The minimum atomic E-state index is 0.0892. The highest BCUT2D eigenvalue weighted by Crippen LogP contribution is 2.25. The summed E-state index contributed by atoms with van der Waals surface area (Å²) in [5.41, 5.74) is 8.79. The average Bonchev–Trinajstić information content (AvgIpc) is 2.48. The van der Waals surface area contributed by atoms with Crippen molar-refractivity contribution in [3.63, 3.8) is 0 Å². The molecule has 4 heteroatoms. The lowest BCUT2D eigenvalue weighted by molar-refractivity contribution is 0.201. The van der Waals surface area contributed by atoms with E-state index in [1.807, 2.05) is 18.3 Å². The molecule has 2 aromatic rings. The lowest BCUT2D eigenvalue weighted by Crippen LogP contribution is -2.38. The number of hydrogen-bond acceptors (Lipinski definition) is 3. The summed E-state index contributed by atoms with van der Waals surface area (Å²) in [6, 6.07) is 12.7. The summed E-state index contributed by atoms with van der Waals surface area (Å²) >= 11 is 3.52. The van der Waals surface area contributed by atoms with Gasteiger partial charge >= 0.3 is 0 Å². The molecule has 0 saturated heterocycles. The lowest BCUT2D eigenvalue weighted by atomic mass is 9.97. The molecule has 0 spiro atoms. The van der Waals surface area contributed by atoms with E-state index in [4.69, 9.17) is 5.73 Å². The van der Waals surface area contributed by atoms with Crippen molar-refractivity contribution in [1.82, 2.24) is 9.88 Å². The Kier molecular flexibility index (Phi) is 5.91. The van der Waals surface area contributed by atoms with Crippen molar-refractivity contribution in [2.75, 3.05) is 7.05 Å². The highest BCUT2D eigenvalue weighted by atomic mass is 79.9. The van der Waals surface area contributed by atoms with Crippen LogP contribution in [0, 0.1) is 0 Å². The summed E-state index contributed by atoms with van der Waals surface area (Å²) in [4.78, 5) is 6.53. The highest BCUT2D eigenvalue weighted by molar-refractivity contribution is 9.10. The second-order valence-corrected chi connectivity index (χ2v) is 6.26. The van der Waals surface area contributed by atoms with Crippen molar-refractivity contribution in [1.29, 1.82) is 0 Å². The normalized spacial score (nSPS) is 14.1. The minimum Gasteiger partial charge on any atom is -0.326 e. The van der Waals surface area contributed by atoms with Crippen LogP contribution >= 0.6 is 15.9 Å². The van der Waals surface area contributed by atoms with E-state index in [1.165, 1.54) is 11.1 Å². The van der Waals surface area contributed by atoms with E-state index in [0.29, 0.717) is 0 Å². The fourth-order valence-electron chi connectivity index (χ4n) is 2.62. The Balaban J connectivity index is 2.20. The van der Waals surface area contributed by atoms with E-state index in [9.17, 15) is 0 Å². The van der Waals surface area contributed by atoms with Gasteiger partial charge in [-0.25, -0.2) is 0 Å². The van der Waals surface area contributed by atoms with Crippen LogP contribution in [0.3, 0.4) is 0 Å². The first-order valence-corrected chi connectivity index (χ1v) is 8.01. The number of pyridine rings is 1. The molecular weight excluding hydrogens is 326 g/mol. The van der Waals surface area contributed by atoms with Gasteiger partial charge in [0, 0.05) is 29.5 Å². The minimum absolute atomic E-state index is 0.0892. The quantitative estimate of drug-likeness (QED) is 0.864. The summed E-state index contributed by atoms with van der Waals surface area (Å²) in [6.45, 7) is 2.98. The zero-order valence-corrected chi connectivity index (χ0v) is 14.1. The van der Waals surface area contributed by atoms with Crippen molar-refractivity contribution in [3.8, 4) is 0 Å². The highest BCUT2D eigenvalue weighted by Gasteiger charge is 2.23. The third-order valence-electron chi connectivity index (χ3n) is 3.70. The lowest BCUT2D eigenvalue weighted by Gasteiger charge is -2.32. The van der Waals surface area contributed by atoms with Gasteiger partial charge in [0.2, 0.25) is 0 Å². The molecule has 0 fully saturated rings. The van der Waals surface area contributed by atoms with E-state index in [2.05, 4.69) is 64.1 Å². The zero-order valence-electron chi connectivity index (χ0n) is 12.5. The van der Waals surface area contributed by atoms with E-state index in [-0.39, 0.29) is 12.1 Å². The first kappa shape index (κ1) is 16.1. The summed E-state index contributed by atoms with van der Waals surface area (Å²) in [5.74, 6) is 0. The molecule has 0 aliphatic carbocycles. The molecule has 0 amide bonds. The molecule has 1 heterocycles. The Morgan fingerprint density at radius 3 is 2.71 bits per heavy atom. The molecule has 1 aromatic carbocycles. The fourth-order valence-corrected chi connectivity index (χ4v) is 3.07. The van der Waals surface area contributed by atoms with Crippen molar-refractivity contribution in [2.24, 2.45) is 5.73 Å². The van der Waals surface area contributed by atoms with Crippen molar-refractivity contribution < 1.29 is 0 Å². The van der Waals surface area contributed by atoms with Gasteiger partial charge in [0.25, 0.3) is 0 Å². The monoisotopic (exact) mass is 347 g/mol. The van der Waals surface area contributed by atoms with Gasteiger partial charge in [-0.05, 0) is 42.8 Å². The summed E-state index contributed by atoms with van der Waals surface area (Å²) in [7, 11) is 2.12. The molecular formula is C17H22BrN3. The number of aromatic nitrogens is 1. The molecule has 21 heavy (non-hydrogen) atoms. The number of hydrogen-bond donors (Lipinski definition) is 1. The SMILES string of the molecule is CCC(N)C(c1cccnc1)N(C)Cc1cccc(Br)c1. The molecule has 0 aliphatic rings. The van der Waals surface area contributed by atoms with E-state index in [0.717, 1.165) is 17.4 Å². The molecule has 0 saturated carbocycles. The van der Waals surface area contributed by atoms with Gasteiger partial charge in [-0.3, -0.25) is 9.88 Å². The third-order valence-corrected chi connectivity index (χ3v) is 4.19. The summed E-state index contributed by atoms with van der Waals surface area (Å²) < 4.78 is 1.10. The predicted octanol–water partition coefficient (Wildman–Crippen LogP) is 3.75. The molecule has 3 nitrogen and oxygen atoms in total. The summed E-state index contributed by atoms with van der Waals surface area (Å²) in [5, 5.41) is 0. The van der Waals surface area contributed by atoms with Gasteiger partial charge in [-0.15, -0.1) is 0 Å². The van der Waals surface area contributed by atoms with Gasteiger partial charge < -0.3 is 5.73 Å². The number of likely N-dealkylation sites (N-methyl/N-ethyl adjacent to an activating group) is 1. The van der Waals surface area contributed by atoms with E-state index < -0.39 is 0 Å². The average molecular weight is 348 g/mol. The van der Waals surface area contributed by atoms with Crippen molar-refractivity contribution in [2.45, 2.75) is 32.0 Å². The molecule has 0 radical (unpaired) electrons. The van der Waals surface area contributed by atoms with Crippen LogP contribution in [-0.2, 0) is 6.54 Å². The van der Waals surface area contributed by atoms with Crippen molar-refractivity contribution >= 4 is 15.9 Å². The molecule has 0 aliphatic heterocycles. The molecule has 2 rings (SSSR count). The standard InChI is InChI=1S/C17H22BrN3/c1-3-16(19)17(14-7-5-9-20-11-14)21(2)12-13-6-4-8-15(18)10-13/h4-11,16-17H,3,12,19H2,1-2H3. The van der Waals surface area contributed by atoms with Crippen LogP contribution in [0.5, 0.6) is 0 Å². The van der Waals surface area contributed by atoms with Crippen LogP contribution in [0.15, 0.2) is 53.3 Å². The molecule has 112 valence electrons. The van der Waals surface area contributed by atoms with Crippen LogP contribution in [0.25, 0.3) is 0 Å². The van der Waals surface area contributed by atoms with Gasteiger partial charge in [-0.2, -0.15) is 0 Å². The van der Waals surface area contributed by atoms with Crippen LogP contribution < -0.4 is 5.73 Å². The zero-order chi connectivity index (χ0) is 15.2. The Labute approximate surface area is 135 Å². The molecule has 2 unspecified atom stereocenters. The molecule has 1 aromatic heterocycles. The summed E-state index contributed by atoms with van der Waals surface area (Å²) in [6.07, 6.45) is 4.65. The first-order chi connectivity index (χ1) is 10.1. The van der Waals surface area contributed by atoms with Gasteiger partial charge in [0.1, 0.15) is 0 Å². The van der Waals surface area contributed by atoms with Crippen LogP contribution in [0.2, 0.25) is 0 Å². The third kappa shape index (κ3) is 4.37. The van der Waals surface area contributed by atoms with Crippen LogP contribution in [0.1, 0.15) is 30.5 Å². The second kappa shape index (κ2) is 7.69. The topological polar surface area (TPSA) is 42.1 Å². The first-order valence-electron chi connectivity index (χ1n) is 7.22. The number of nitrogens with two attached hydrogens (primary N) is 1. The Hall–Kier alpha value is -1.23. The Morgan fingerprint density at radius 2 is 2.10 bits per heavy atom. The fraction of sp³-hybridized carbons (Fsp3) is 0.353. The second-order valence-electron chi connectivity index (χ2n) is 5.35. The Morgan fingerprint density at radius 1 is 1.29 bits per heavy atom. The molecule has 2 N–H and O–H groups in total. The van der Waals surface area contributed by atoms with E-state index >= 15 is 0 Å². The smallest absolute Gasteiger partial charge is 0.0514 e. The van der Waals surface area contributed by atoms with Gasteiger partial charge in [0.15, 0.2) is 0 Å². The number of halogens is 1. The van der Waals surface area contributed by atoms with Crippen LogP contribution in [-0.4, -0.2) is 23.0 Å². The molecule has 0 bridgehead atoms. The van der Waals surface area contributed by atoms with Gasteiger partial charge in [0.05, 0.1) is 6.04 Å². The van der Waals surface area contributed by atoms with E-state index in [1.54, 1.807) is 6.20 Å². The maximum atomic E-state index is 6.36. The Bertz CT molecular complexity index is 559. The number of rotatable bonds is 6. The van der Waals surface area contributed by atoms with Crippen LogP contribution in [0.4, 0.5) is 0 Å². The maximum Gasteiger partial charge on any atom is 0.0514 e. The van der Waals surface area contributed by atoms with Crippen molar-refractivity contribution in [3.05, 3.63) is 64.4 Å². The number of nitrogens with zero attached hydrogens (tertiary/aromatic N) is 2. The number of benzene rings is 1. The molecule has 2 atom stereocenters. The maximum absolute atomic E-state index is 6.36. The predicted molar refractivity (Wildman–Crippen MR) is 90.9 cm³/mol. The largest absolute Gasteiger partial charge is 0.326 e. The van der Waals surface area contributed by atoms with Gasteiger partial charge in [-0.1, -0.05) is 41.1 Å².